The van der Waals surface area contributed by atoms with E-state index in [4.69, 9.17) is 5.11 Å². The summed E-state index contributed by atoms with van der Waals surface area (Å²) >= 11 is 0. The molecule has 1 aromatic heterocycles. The van der Waals surface area contributed by atoms with E-state index in [0.717, 1.165) is 5.82 Å². The van der Waals surface area contributed by atoms with Crippen molar-refractivity contribution in [2.75, 3.05) is 7.05 Å². The summed E-state index contributed by atoms with van der Waals surface area (Å²) in [5.41, 5.74) is 0. The number of aryl methyl sites for hydroxylation is 1. The molecule has 19 heavy (non-hydrogen) atoms. The summed E-state index contributed by atoms with van der Waals surface area (Å²) in [5, 5.41) is 11.3. The number of urea groups is 1. The lowest BCUT2D eigenvalue weighted by molar-refractivity contribution is -0.137. The van der Waals surface area contributed by atoms with Crippen LogP contribution in [0.15, 0.2) is 12.4 Å². The zero-order chi connectivity index (χ0) is 14.4. The van der Waals surface area contributed by atoms with Gasteiger partial charge in [-0.25, -0.2) is 9.78 Å². The molecule has 106 valence electrons. The lowest BCUT2D eigenvalue weighted by Crippen LogP contribution is -2.42. The number of nitrogens with one attached hydrogen (secondary N) is 1. The van der Waals surface area contributed by atoms with Gasteiger partial charge in [-0.3, -0.25) is 4.79 Å². The number of carboxylic acid groups (broad SMARTS) is 1. The van der Waals surface area contributed by atoms with Crippen LogP contribution < -0.4 is 5.32 Å². The molecular formula is C12H20N4O3. The van der Waals surface area contributed by atoms with E-state index in [-0.39, 0.29) is 18.5 Å². The summed E-state index contributed by atoms with van der Waals surface area (Å²) in [6.45, 7) is 2.19. The Morgan fingerprint density at radius 3 is 2.79 bits per heavy atom. The number of carboxylic acids is 1. The number of amides is 2. The predicted molar refractivity (Wildman–Crippen MR) is 69.5 cm³/mol. The zero-order valence-corrected chi connectivity index (χ0v) is 11.5. The molecule has 1 atom stereocenters. The van der Waals surface area contributed by atoms with Crippen molar-refractivity contribution in [2.24, 2.45) is 7.05 Å². The number of aromatic nitrogens is 2. The highest BCUT2D eigenvalue weighted by atomic mass is 16.4. The minimum Gasteiger partial charge on any atom is -0.481 e. The Morgan fingerprint density at radius 2 is 2.26 bits per heavy atom. The third-order valence-corrected chi connectivity index (χ3v) is 2.81. The predicted octanol–water partition coefficient (Wildman–Crippen LogP) is 0.815. The van der Waals surface area contributed by atoms with Crippen molar-refractivity contribution in [1.29, 1.82) is 0 Å². The van der Waals surface area contributed by atoms with Crippen LogP contribution in [0.1, 0.15) is 25.6 Å². The first-order valence-electron chi connectivity index (χ1n) is 6.09. The van der Waals surface area contributed by atoms with E-state index < -0.39 is 5.97 Å². The lowest BCUT2D eigenvalue weighted by atomic mass is 10.2. The number of imidazole rings is 1. The fourth-order valence-corrected chi connectivity index (χ4v) is 1.57. The summed E-state index contributed by atoms with van der Waals surface area (Å²) in [5.74, 6) is -0.0710. The second kappa shape index (κ2) is 6.77. The molecule has 1 aromatic rings. The monoisotopic (exact) mass is 268 g/mol. The minimum atomic E-state index is -0.859. The molecule has 0 aliphatic carbocycles. The van der Waals surface area contributed by atoms with Crippen LogP contribution in [0.3, 0.4) is 0 Å². The van der Waals surface area contributed by atoms with Gasteiger partial charge in [0.1, 0.15) is 5.82 Å². The van der Waals surface area contributed by atoms with Crippen LogP contribution in [0.2, 0.25) is 0 Å². The molecule has 0 saturated carbocycles. The van der Waals surface area contributed by atoms with Gasteiger partial charge in [-0.1, -0.05) is 0 Å². The maximum Gasteiger partial charge on any atom is 0.317 e. The topological polar surface area (TPSA) is 87.5 Å². The van der Waals surface area contributed by atoms with E-state index in [1.807, 2.05) is 17.8 Å². The highest BCUT2D eigenvalue weighted by molar-refractivity contribution is 5.74. The SMILES string of the molecule is CC(CCC(=O)O)NC(=O)N(C)Cc1nccn1C. The quantitative estimate of drug-likeness (QED) is 0.799. The molecule has 1 heterocycles. The second-order valence-electron chi connectivity index (χ2n) is 4.59. The Morgan fingerprint density at radius 1 is 1.58 bits per heavy atom. The van der Waals surface area contributed by atoms with Crippen molar-refractivity contribution >= 4 is 12.0 Å². The molecule has 7 nitrogen and oxygen atoms in total. The van der Waals surface area contributed by atoms with Crippen LogP contribution in [0.5, 0.6) is 0 Å². The molecule has 0 aliphatic heterocycles. The summed E-state index contributed by atoms with van der Waals surface area (Å²) in [4.78, 5) is 28.0. The van der Waals surface area contributed by atoms with Gasteiger partial charge in [-0.05, 0) is 13.3 Å². The summed E-state index contributed by atoms with van der Waals surface area (Å²) in [7, 11) is 3.54. The molecule has 2 N–H and O–H groups in total. The van der Waals surface area contributed by atoms with Gasteiger partial charge in [0.2, 0.25) is 0 Å². The first-order valence-corrected chi connectivity index (χ1v) is 6.09. The molecule has 0 radical (unpaired) electrons. The molecule has 7 heteroatoms. The Bertz CT molecular complexity index is 444. The first-order chi connectivity index (χ1) is 8.90. The third-order valence-electron chi connectivity index (χ3n) is 2.81. The second-order valence-corrected chi connectivity index (χ2v) is 4.59. The maximum atomic E-state index is 11.9. The number of carbonyl (C=O) groups excluding carboxylic acids is 1. The number of hydrogen-bond donors (Lipinski definition) is 2. The minimum absolute atomic E-state index is 0.0462. The van der Waals surface area contributed by atoms with Crippen LogP contribution >= 0.6 is 0 Å². The normalized spacial score (nSPS) is 11.9. The molecule has 0 spiro atoms. The molecule has 0 aromatic carbocycles. The Kier molecular flexibility index (Phi) is 5.35. The van der Waals surface area contributed by atoms with E-state index in [0.29, 0.717) is 13.0 Å². The third kappa shape index (κ3) is 4.99. The summed E-state index contributed by atoms with van der Waals surface area (Å²) in [6, 6.07) is -0.409. The molecule has 0 bridgehead atoms. The average molecular weight is 268 g/mol. The molecular weight excluding hydrogens is 248 g/mol. The van der Waals surface area contributed by atoms with Gasteiger partial charge in [0.25, 0.3) is 0 Å². The largest absolute Gasteiger partial charge is 0.481 e. The van der Waals surface area contributed by atoms with Gasteiger partial charge in [0.15, 0.2) is 0 Å². The van der Waals surface area contributed by atoms with Crippen molar-refractivity contribution in [1.82, 2.24) is 19.8 Å². The molecule has 0 saturated heterocycles. The smallest absolute Gasteiger partial charge is 0.317 e. The standard InChI is InChI=1S/C12H20N4O3/c1-9(4-5-11(17)18)14-12(19)16(3)8-10-13-6-7-15(10)2/h6-7,9H,4-5,8H2,1-3H3,(H,14,19)(H,17,18). The van der Waals surface area contributed by atoms with Gasteiger partial charge in [0, 0.05) is 39.0 Å². The first kappa shape index (κ1) is 15.0. The van der Waals surface area contributed by atoms with Crippen LogP contribution in [-0.2, 0) is 18.4 Å². The molecule has 0 aliphatic rings. The van der Waals surface area contributed by atoms with Crippen molar-refractivity contribution in [3.05, 3.63) is 18.2 Å². The Hall–Kier alpha value is -2.05. The Balaban J connectivity index is 2.40. The van der Waals surface area contributed by atoms with Gasteiger partial charge in [-0.15, -0.1) is 0 Å². The molecule has 0 fully saturated rings. The lowest BCUT2D eigenvalue weighted by Gasteiger charge is -2.20. The van der Waals surface area contributed by atoms with E-state index in [9.17, 15) is 9.59 Å². The molecule has 1 unspecified atom stereocenters. The highest BCUT2D eigenvalue weighted by Gasteiger charge is 2.14. The number of nitrogens with zero attached hydrogens (tertiary/aromatic N) is 3. The van der Waals surface area contributed by atoms with Crippen molar-refractivity contribution in [2.45, 2.75) is 32.4 Å². The zero-order valence-electron chi connectivity index (χ0n) is 11.5. The van der Waals surface area contributed by atoms with E-state index in [2.05, 4.69) is 10.3 Å². The van der Waals surface area contributed by atoms with Crippen LogP contribution in [0.25, 0.3) is 0 Å². The maximum absolute atomic E-state index is 11.9. The number of hydrogen-bond acceptors (Lipinski definition) is 3. The van der Waals surface area contributed by atoms with E-state index >= 15 is 0 Å². The van der Waals surface area contributed by atoms with Crippen LogP contribution in [0.4, 0.5) is 4.79 Å². The van der Waals surface area contributed by atoms with E-state index in [1.165, 1.54) is 4.90 Å². The van der Waals surface area contributed by atoms with Gasteiger partial charge in [0.05, 0.1) is 6.54 Å². The number of rotatable bonds is 6. The van der Waals surface area contributed by atoms with Gasteiger partial charge >= 0.3 is 12.0 Å². The fourth-order valence-electron chi connectivity index (χ4n) is 1.57. The van der Waals surface area contributed by atoms with E-state index in [1.54, 1.807) is 20.2 Å². The van der Waals surface area contributed by atoms with Crippen LogP contribution in [0, 0.1) is 0 Å². The fraction of sp³-hybridized carbons (Fsp3) is 0.583. The van der Waals surface area contributed by atoms with Crippen molar-refractivity contribution in [3.8, 4) is 0 Å². The molecule has 2 amide bonds. The number of carbonyl (C=O) groups is 2. The highest BCUT2D eigenvalue weighted by Crippen LogP contribution is 2.02. The summed E-state index contributed by atoms with van der Waals surface area (Å²) in [6.07, 6.45) is 3.95. The van der Waals surface area contributed by atoms with Crippen molar-refractivity contribution in [3.63, 3.8) is 0 Å². The summed E-state index contributed by atoms with van der Waals surface area (Å²) < 4.78 is 1.84. The van der Waals surface area contributed by atoms with Gasteiger partial charge < -0.3 is 19.9 Å². The Labute approximate surface area is 112 Å². The van der Waals surface area contributed by atoms with Crippen LogP contribution in [-0.4, -0.2) is 44.6 Å². The average Bonchev–Trinajstić information content (AvgIpc) is 2.72. The van der Waals surface area contributed by atoms with Gasteiger partial charge in [-0.2, -0.15) is 0 Å². The number of aliphatic carboxylic acids is 1. The molecule has 1 rings (SSSR count). The van der Waals surface area contributed by atoms with Crippen molar-refractivity contribution < 1.29 is 14.7 Å².